The van der Waals surface area contributed by atoms with Crippen LogP contribution >= 0.6 is 0 Å². The van der Waals surface area contributed by atoms with Crippen LogP contribution in [0.15, 0.2) is 30.3 Å². The summed E-state index contributed by atoms with van der Waals surface area (Å²) >= 11 is 0. The molecule has 2 N–H and O–H groups in total. The fourth-order valence-electron chi connectivity index (χ4n) is 1.96. The Morgan fingerprint density at radius 2 is 1.65 bits per heavy atom. The van der Waals surface area contributed by atoms with Crippen molar-refractivity contribution in [1.29, 1.82) is 0 Å². The first kappa shape index (κ1) is 21.6. The molecule has 0 spiro atoms. The molecule has 0 saturated carbocycles. The Hall–Kier alpha value is -2.41. The molecule has 144 valence electrons. The number of carbonyl (C=O) groups is 3. The van der Waals surface area contributed by atoms with Crippen LogP contribution < -0.4 is 10.6 Å². The maximum atomic E-state index is 12.1. The SMILES string of the molecule is C[C@H](NCC(=O)OC(C)(C)C)C(=O)N[C@@H](C)C(=O)OCc1ccccc1. The van der Waals surface area contributed by atoms with Gasteiger partial charge in [-0.15, -0.1) is 0 Å². The van der Waals surface area contributed by atoms with Gasteiger partial charge in [0, 0.05) is 0 Å². The number of ether oxygens (including phenoxy) is 2. The van der Waals surface area contributed by atoms with E-state index in [1.807, 2.05) is 30.3 Å². The Morgan fingerprint density at radius 3 is 2.23 bits per heavy atom. The molecule has 0 aliphatic heterocycles. The van der Waals surface area contributed by atoms with Crippen molar-refractivity contribution in [2.45, 2.75) is 58.9 Å². The van der Waals surface area contributed by atoms with Crippen molar-refractivity contribution in [3.63, 3.8) is 0 Å². The van der Waals surface area contributed by atoms with E-state index in [1.165, 1.54) is 0 Å². The zero-order chi connectivity index (χ0) is 19.7. The number of amides is 1. The largest absolute Gasteiger partial charge is 0.459 e. The normalized spacial score (nSPS) is 13.4. The summed E-state index contributed by atoms with van der Waals surface area (Å²) < 4.78 is 10.3. The van der Waals surface area contributed by atoms with Crippen LogP contribution in [0.25, 0.3) is 0 Å². The van der Waals surface area contributed by atoms with Crippen LogP contribution in [0.2, 0.25) is 0 Å². The lowest BCUT2D eigenvalue weighted by atomic mass is 10.2. The van der Waals surface area contributed by atoms with Crippen LogP contribution in [0.3, 0.4) is 0 Å². The van der Waals surface area contributed by atoms with Gasteiger partial charge in [-0.05, 0) is 40.2 Å². The molecule has 0 aliphatic rings. The van der Waals surface area contributed by atoms with Gasteiger partial charge in [-0.3, -0.25) is 14.9 Å². The van der Waals surface area contributed by atoms with Gasteiger partial charge in [0.1, 0.15) is 18.2 Å². The highest BCUT2D eigenvalue weighted by Crippen LogP contribution is 2.06. The predicted octanol–water partition coefficient (Wildman–Crippen LogP) is 1.55. The molecule has 1 amide bonds. The van der Waals surface area contributed by atoms with Crippen molar-refractivity contribution in [1.82, 2.24) is 10.6 Å². The van der Waals surface area contributed by atoms with Gasteiger partial charge in [0.15, 0.2) is 0 Å². The molecule has 7 nitrogen and oxygen atoms in total. The third kappa shape index (κ3) is 8.62. The summed E-state index contributed by atoms with van der Waals surface area (Å²) in [6.45, 7) is 8.50. The molecule has 1 rings (SSSR count). The molecule has 1 aromatic carbocycles. The Kier molecular flexibility index (Phi) is 8.25. The number of hydrogen-bond donors (Lipinski definition) is 2. The molecule has 7 heteroatoms. The molecule has 0 unspecified atom stereocenters. The van der Waals surface area contributed by atoms with Gasteiger partial charge in [-0.25, -0.2) is 4.79 Å². The maximum absolute atomic E-state index is 12.1. The zero-order valence-corrected chi connectivity index (χ0v) is 16.0. The molecule has 0 saturated heterocycles. The van der Waals surface area contributed by atoms with E-state index < -0.39 is 35.5 Å². The van der Waals surface area contributed by atoms with Crippen molar-refractivity contribution in [3.8, 4) is 0 Å². The lowest BCUT2D eigenvalue weighted by molar-refractivity contribution is -0.154. The van der Waals surface area contributed by atoms with Crippen molar-refractivity contribution < 1.29 is 23.9 Å². The standard InChI is InChI=1S/C19H28N2O5/c1-13(20-11-16(22)26-19(3,4)5)17(23)21-14(2)18(24)25-12-15-9-7-6-8-10-15/h6-10,13-14,20H,11-12H2,1-5H3,(H,21,23)/t13-,14-/m0/s1. The summed E-state index contributed by atoms with van der Waals surface area (Å²) in [5.74, 6) is -1.38. The number of esters is 2. The Bertz CT molecular complexity index is 610. The summed E-state index contributed by atoms with van der Waals surface area (Å²) in [5.41, 5.74) is 0.285. The minimum absolute atomic E-state index is 0.0985. The van der Waals surface area contributed by atoms with E-state index in [4.69, 9.17) is 9.47 Å². The summed E-state index contributed by atoms with van der Waals surface area (Å²) in [6.07, 6.45) is 0. The first-order valence-electron chi connectivity index (χ1n) is 8.54. The Balaban J connectivity index is 2.35. The number of benzene rings is 1. The van der Waals surface area contributed by atoms with Gasteiger partial charge in [0.25, 0.3) is 0 Å². The van der Waals surface area contributed by atoms with Gasteiger partial charge in [-0.2, -0.15) is 0 Å². The minimum atomic E-state index is -0.794. The summed E-state index contributed by atoms with van der Waals surface area (Å²) in [6, 6.07) is 7.82. The summed E-state index contributed by atoms with van der Waals surface area (Å²) in [7, 11) is 0. The summed E-state index contributed by atoms with van der Waals surface area (Å²) in [5, 5.41) is 5.33. The van der Waals surface area contributed by atoms with E-state index in [1.54, 1.807) is 34.6 Å². The average Bonchev–Trinajstić information content (AvgIpc) is 2.56. The molecule has 0 heterocycles. The third-order valence-electron chi connectivity index (χ3n) is 3.30. The molecule has 0 fully saturated rings. The van der Waals surface area contributed by atoms with Crippen LogP contribution in [0.1, 0.15) is 40.2 Å². The van der Waals surface area contributed by atoms with E-state index in [-0.39, 0.29) is 13.2 Å². The average molecular weight is 364 g/mol. The molecule has 26 heavy (non-hydrogen) atoms. The van der Waals surface area contributed by atoms with Crippen LogP contribution in [0.4, 0.5) is 0 Å². The van der Waals surface area contributed by atoms with Gasteiger partial charge in [0.2, 0.25) is 5.91 Å². The van der Waals surface area contributed by atoms with Crippen molar-refractivity contribution >= 4 is 17.8 Å². The van der Waals surface area contributed by atoms with Gasteiger partial charge >= 0.3 is 11.9 Å². The number of nitrogens with one attached hydrogen (secondary N) is 2. The second-order valence-corrected chi connectivity index (χ2v) is 7.01. The lowest BCUT2D eigenvalue weighted by Gasteiger charge is -2.21. The van der Waals surface area contributed by atoms with Crippen LogP contribution in [0, 0.1) is 0 Å². The zero-order valence-electron chi connectivity index (χ0n) is 16.0. The molecule has 1 aromatic rings. The topological polar surface area (TPSA) is 93.7 Å². The highest BCUT2D eigenvalue weighted by molar-refractivity contribution is 5.87. The molecule has 0 aliphatic carbocycles. The van der Waals surface area contributed by atoms with E-state index in [9.17, 15) is 14.4 Å². The first-order valence-corrected chi connectivity index (χ1v) is 8.54. The van der Waals surface area contributed by atoms with E-state index in [2.05, 4.69) is 10.6 Å². The maximum Gasteiger partial charge on any atom is 0.328 e. The highest BCUT2D eigenvalue weighted by Gasteiger charge is 2.22. The second-order valence-electron chi connectivity index (χ2n) is 7.01. The Morgan fingerprint density at radius 1 is 1.04 bits per heavy atom. The van der Waals surface area contributed by atoms with Crippen LogP contribution in [-0.4, -0.2) is 42.1 Å². The molecule has 0 radical (unpaired) electrons. The van der Waals surface area contributed by atoms with E-state index in [0.29, 0.717) is 0 Å². The van der Waals surface area contributed by atoms with Crippen molar-refractivity contribution in [3.05, 3.63) is 35.9 Å². The molecule has 2 atom stereocenters. The fraction of sp³-hybridized carbons (Fsp3) is 0.526. The van der Waals surface area contributed by atoms with Crippen LogP contribution in [-0.2, 0) is 30.5 Å². The number of hydrogen-bond acceptors (Lipinski definition) is 6. The smallest absolute Gasteiger partial charge is 0.328 e. The van der Waals surface area contributed by atoms with Gasteiger partial charge in [0.05, 0.1) is 12.6 Å². The lowest BCUT2D eigenvalue weighted by Crippen LogP contribution is -2.49. The van der Waals surface area contributed by atoms with E-state index in [0.717, 1.165) is 5.56 Å². The molecular formula is C19H28N2O5. The quantitative estimate of drug-likeness (QED) is 0.680. The molecule has 0 aromatic heterocycles. The molecule has 0 bridgehead atoms. The summed E-state index contributed by atoms with van der Waals surface area (Å²) in [4.78, 5) is 35.7. The highest BCUT2D eigenvalue weighted by atomic mass is 16.6. The molecular weight excluding hydrogens is 336 g/mol. The van der Waals surface area contributed by atoms with Gasteiger partial charge < -0.3 is 14.8 Å². The third-order valence-corrected chi connectivity index (χ3v) is 3.30. The van der Waals surface area contributed by atoms with Crippen molar-refractivity contribution in [2.24, 2.45) is 0 Å². The van der Waals surface area contributed by atoms with Crippen molar-refractivity contribution in [2.75, 3.05) is 6.54 Å². The number of rotatable bonds is 8. The number of carbonyl (C=O) groups excluding carboxylic acids is 3. The van der Waals surface area contributed by atoms with Crippen LogP contribution in [0.5, 0.6) is 0 Å². The monoisotopic (exact) mass is 364 g/mol. The fourth-order valence-corrected chi connectivity index (χ4v) is 1.96. The van der Waals surface area contributed by atoms with E-state index >= 15 is 0 Å². The first-order chi connectivity index (χ1) is 12.1. The minimum Gasteiger partial charge on any atom is -0.459 e. The van der Waals surface area contributed by atoms with Gasteiger partial charge in [-0.1, -0.05) is 30.3 Å². The predicted molar refractivity (Wildman–Crippen MR) is 97.2 cm³/mol. The Labute approximate surface area is 154 Å². The second kappa shape index (κ2) is 9.91.